The van der Waals surface area contributed by atoms with E-state index in [1.807, 2.05) is 19.1 Å². The van der Waals surface area contributed by atoms with Crippen LogP contribution in [0.1, 0.15) is 22.9 Å². The first kappa shape index (κ1) is 16.0. The van der Waals surface area contributed by atoms with Crippen molar-refractivity contribution in [2.75, 3.05) is 13.7 Å². The lowest BCUT2D eigenvalue weighted by atomic mass is 10.2. The molecule has 0 amide bonds. The number of ether oxygens (including phenoxy) is 1. The second-order valence-electron chi connectivity index (χ2n) is 5.40. The Balaban J connectivity index is 2.10. The van der Waals surface area contributed by atoms with Crippen molar-refractivity contribution in [3.63, 3.8) is 0 Å². The normalized spacial score (nSPS) is 12.6. The van der Waals surface area contributed by atoms with Gasteiger partial charge in [0.25, 0.3) is 0 Å². The van der Waals surface area contributed by atoms with Gasteiger partial charge in [-0.05, 0) is 48.6 Å². The summed E-state index contributed by atoms with van der Waals surface area (Å²) < 4.78 is 5.28. The molecular weight excluding hydrogens is 282 g/mol. The van der Waals surface area contributed by atoms with E-state index in [2.05, 4.69) is 35.4 Å². The lowest BCUT2D eigenvalue weighted by Crippen LogP contribution is -2.30. The number of thiophene rings is 1. The first-order valence-corrected chi connectivity index (χ1v) is 8.02. The number of nitrogens with zero attached hydrogens (tertiary/aromatic N) is 1. The van der Waals surface area contributed by atoms with Crippen LogP contribution in [0.15, 0.2) is 35.7 Å². The van der Waals surface area contributed by atoms with Crippen molar-refractivity contribution in [2.24, 2.45) is 0 Å². The number of methoxy groups -OCH3 is 1. The average Bonchev–Trinajstić information content (AvgIpc) is 2.84. The fourth-order valence-electron chi connectivity index (χ4n) is 2.36. The third kappa shape index (κ3) is 4.84. The second kappa shape index (κ2) is 7.59. The zero-order chi connectivity index (χ0) is 15.2. The van der Waals surface area contributed by atoms with E-state index in [0.717, 1.165) is 18.8 Å². The van der Waals surface area contributed by atoms with Crippen LogP contribution in [0.4, 0.5) is 0 Å². The first-order valence-electron chi connectivity index (χ1n) is 7.15. The molecule has 1 aromatic heterocycles. The van der Waals surface area contributed by atoms with Crippen LogP contribution in [0.2, 0.25) is 0 Å². The maximum absolute atomic E-state index is 9.74. The molecule has 3 nitrogen and oxygen atoms in total. The summed E-state index contributed by atoms with van der Waals surface area (Å²) >= 11 is 1.78. The van der Waals surface area contributed by atoms with Gasteiger partial charge in [0.1, 0.15) is 5.75 Å². The quantitative estimate of drug-likeness (QED) is 0.850. The molecule has 0 radical (unpaired) electrons. The summed E-state index contributed by atoms with van der Waals surface area (Å²) in [6.07, 6.45) is -0.337. The van der Waals surface area contributed by atoms with E-state index in [9.17, 15) is 5.11 Å². The Labute approximate surface area is 130 Å². The Morgan fingerprint density at radius 3 is 2.71 bits per heavy atom. The standard InChI is InChI=1S/C17H23NO2S/c1-13-7-8-21-17(13)12-18(10-14(2)19)11-15-5-4-6-16(9-15)20-3/h4-9,14,19H,10-12H2,1-3H3. The third-order valence-electron chi connectivity index (χ3n) is 3.40. The summed E-state index contributed by atoms with van der Waals surface area (Å²) in [5, 5.41) is 11.9. The molecule has 21 heavy (non-hydrogen) atoms. The van der Waals surface area contributed by atoms with Crippen molar-refractivity contribution in [2.45, 2.75) is 33.0 Å². The molecule has 0 fully saturated rings. The zero-order valence-corrected chi connectivity index (χ0v) is 13.7. The molecule has 0 aliphatic heterocycles. The van der Waals surface area contributed by atoms with Gasteiger partial charge in [0.05, 0.1) is 13.2 Å². The molecule has 0 aliphatic carbocycles. The molecule has 0 spiro atoms. The molecule has 1 unspecified atom stereocenters. The topological polar surface area (TPSA) is 32.7 Å². The van der Waals surface area contributed by atoms with Crippen molar-refractivity contribution in [3.05, 3.63) is 51.7 Å². The SMILES string of the molecule is COc1cccc(CN(Cc2sccc2C)CC(C)O)c1. The van der Waals surface area contributed by atoms with Crippen LogP contribution >= 0.6 is 11.3 Å². The van der Waals surface area contributed by atoms with E-state index in [4.69, 9.17) is 4.74 Å². The number of benzene rings is 1. The molecule has 0 bridgehead atoms. The summed E-state index contributed by atoms with van der Waals surface area (Å²) in [4.78, 5) is 3.64. The molecule has 1 atom stereocenters. The molecule has 0 saturated heterocycles. The Bertz CT molecular complexity index is 565. The van der Waals surface area contributed by atoms with Crippen LogP contribution in [-0.4, -0.2) is 29.8 Å². The molecule has 1 aromatic carbocycles. The van der Waals surface area contributed by atoms with Crippen molar-refractivity contribution in [3.8, 4) is 5.75 Å². The van der Waals surface area contributed by atoms with Gasteiger partial charge >= 0.3 is 0 Å². The second-order valence-corrected chi connectivity index (χ2v) is 6.40. The van der Waals surface area contributed by atoms with Crippen LogP contribution in [-0.2, 0) is 13.1 Å². The number of aliphatic hydroxyl groups excluding tert-OH is 1. The molecule has 2 rings (SSSR count). The maximum atomic E-state index is 9.74. The molecular formula is C17H23NO2S. The molecule has 1 N–H and O–H groups in total. The number of aliphatic hydroxyl groups is 1. The minimum Gasteiger partial charge on any atom is -0.497 e. The Kier molecular flexibility index (Phi) is 5.79. The summed E-state index contributed by atoms with van der Waals surface area (Å²) in [5.41, 5.74) is 2.52. The predicted octanol–water partition coefficient (Wildman–Crippen LogP) is 3.45. The Morgan fingerprint density at radius 1 is 1.29 bits per heavy atom. The lowest BCUT2D eigenvalue weighted by Gasteiger charge is -2.24. The highest BCUT2D eigenvalue weighted by atomic mass is 32.1. The first-order chi connectivity index (χ1) is 10.1. The highest BCUT2D eigenvalue weighted by Crippen LogP contribution is 2.20. The van der Waals surface area contributed by atoms with Gasteiger partial charge in [0, 0.05) is 24.5 Å². The zero-order valence-electron chi connectivity index (χ0n) is 12.9. The molecule has 114 valence electrons. The van der Waals surface area contributed by atoms with E-state index in [1.54, 1.807) is 18.4 Å². The van der Waals surface area contributed by atoms with Crippen molar-refractivity contribution in [1.29, 1.82) is 0 Å². The molecule has 4 heteroatoms. The van der Waals surface area contributed by atoms with Gasteiger partial charge in [0.2, 0.25) is 0 Å². The van der Waals surface area contributed by atoms with Gasteiger partial charge in [-0.2, -0.15) is 0 Å². The van der Waals surface area contributed by atoms with Gasteiger partial charge in [-0.15, -0.1) is 11.3 Å². The van der Waals surface area contributed by atoms with Gasteiger partial charge in [-0.1, -0.05) is 12.1 Å². The fourth-order valence-corrected chi connectivity index (χ4v) is 3.30. The van der Waals surface area contributed by atoms with Gasteiger partial charge in [0.15, 0.2) is 0 Å². The van der Waals surface area contributed by atoms with Crippen molar-refractivity contribution in [1.82, 2.24) is 4.90 Å². The summed E-state index contributed by atoms with van der Waals surface area (Å²) in [6.45, 7) is 6.30. The van der Waals surface area contributed by atoms with Gasteiger partial charge < -0.3 is 9.84 Å². The summed E-state index contributed by atoms with van der Waals surface area (Å²) in [7, 11) is 1.68. The van der Waals surface area contributed by atoms with Crippen LogP contribution in [0.3, 0.4) is 0 Å². The molecule has 0 aliphatic rings. The van der Waals surface area contributed by atoms with E-state index in [0.29, 0.717) is 6.54 Å². The average molecular weight is 305 g/mol. The summed E-state index contributed by atoms with van der Waals surface area (Å²) in [6, 6.07) is 10.2. The van der Waals surface area contributed by atoms with E-state index in [1.165, 1.54) is 16.0 Å². The van der Waals surface area contributed by atoms with Crippen LogP contribution in [0.25, 0.3) is 0 Å². The lowest BCUT2D eigenvalue weighted by molar-refractivity contribution is 0.118. The molecule has 2 aromatic rings. The Hall–Kier alpha value is -1.36. The van der Waals surface area contributed by atoms with E-state index in [-0.39, 0.29) is 6.10 Å². The smallest absolute Gasteiger partial charge is 0.119 e. The van der Waals surface area contributed by atoms with Gasteiger partial charge in [-0.25, -0.2) is 0 Å². The minimum absolute atomic E-state index is 0.337. The van der Waals surface area contributed by atoms with Crippen LogP contribution in [0, 0.1) is 6.92 Å². The van der Waals surface area contributed by atoms with Crippen LogP contribution in [0.5, 0.6) is 5.75 Å². The van der Waals surface area contributed by atoms with Crippen molar-refractivity contribution >= 4 is 11.3 Å². The minimum atomic E-state index is -0.337. The van der Waals surface area contributed by atoms with Crippen LogP contribution < -0.4 is 4.74 Å². The highest BCUT2D eigenvalue weighted by Gasteiger charge is 2.12. The van der Waals surface area contributed by atoms with Gasteiger partial charge in [-0.3, -0.25) is 4.90 Å². The van der Waals surface area contributed by atoms with E-state index < -0.39 is 0 Å². The largest absolute Gasteiger partial charge is 0.497 e. The number of aryl methyl sites for hydroxylation is 1. The number of hydrogen-bond donors (Lipinski definition) is 1. The maximum Gasteiger partial charge on any atom is 0.119 e. The molecule has 1 heterocycles. The highest BCUT2D eigenvalue weighted by molar-refractivity contribution is 7.10. The van der Waals surface area contributed by atoms with Crippen molar-refractivity contribution < 1.29 is 9.84 Å². The number of hydrogen-bond acceptors (Lipinski definition) is 4. The predicted molar refractivity (Wildman–Crippen MR) is 87.8 cm³/mol. The van der Waals surface area contributed by atoms with E-state index >= 15 is 0 Å². The third-order valence-corrected chi connectivity index (χ3v) is 4.41. The monoisotopic (exact) mass is 305 g/mol. The fraction of sp³-hybridized carbons (Fsp3) is 0.412. The Morgan fingerprint density at radius 2 is 2.10 bits per heavy atom. The number of rotatable bonds is 7. The summed E-state index contributed by atoms with van der Waals surface area (Å²) in [5.74, 6) is 0.872. The molecule has 0 saturated carbocycles.